The number of hydrogen-bond acceptors (Lipinski definition) is 3. The molecule has 3 N–H and O–H groups in total. The van der Waals surface area contributed by atoms with Gasteiger partial charge < -0.3 is 15.7 Å². The number of rotatable bonds is 3. The van der Waals surface area contributed by atoms with Gasteiger partial charge in [-0.15, -0.1) is 0 Å². The fourth-order valence-electron chi connectivity index (χ4n) is 2.28. The number of hydrogen-bond donors (Lipinski definition) is 2. The molecule has 84 valence electrons. The van der Waals surface area contributed by atoms with Crippen LogP contribution in [-0.4, -0.2) is 42.3 Å². The van der Waals surface area contributed by atoms with E-state index in [4.69, 9.17) is 5.73 Å². The van der Waals surface area contributed by atoms with Crippen LogP contribution < -0.4 is 5.73 Å². The molecule has 3 heteroatoms. The first-order valence-corrected chi connectivity index (χ1v) is 5.61. The first-order valence-electron chi connectivity index (χ1n) is 5.61. The van der Waals surface area contributed by atoms with Crippen molar-refractivity contribution in [3.8, 4) is 0 Å². The van der Waals surface area contributed by atoms with E-state index < -0.39 is 0 Å². The van der Waals surface area contributed by atoms with Crippen LogP contribution in [0, 0.1) is 11.8 Å². The maximum absolute atomic E-state index is 9.79. The molecule has 0 aromatic carbocycles. The van der Waals surface area contributed by atoms with E-state index in [2.05, 4.69) is 25.8 Å². The minimum absolute atomic E-state index is 0.168. The van der Waals surface area contributed by atoms with Crippen LogP contribution in [-0.2, 0) is 0 Å². The highest BCUT2D eigenvalue weighted by Gasteiger charge is 2.25. The van der Waals surface area contributed by atoms with Crippen molar-refractivity contribution in [3.63, 3.8) is 0 Å². The van der Waals surface area contributed by atoms with E-state index in [0.717, 1.165) is 25.9 Å². The molecule has 3 nitrogen and oxygen atoms in total. The van der Waals surface area contributed by atoms with Gasteiger partial charge >= 0.3 is 0 Å². The maximum atomic E-state index is 9.79. The molecule has 14 heavy (non-hydrogen) atoms. The van der Waals surface area contributed by atoms with Crippen LogP contribution in [0.4, 0.5) is 0 Å². The van der Waals surface area contributed by atoms with E-state index >= 15 is 0 Å². The third-order valence-electron chi connectivity index (χ3n) is 3.10. The van der Waals surface area contributed by atoms with E-state index in [1.807, 2.05) is 0 Å². The van der Waals surface area contributed by atoms with E-state index in [1.54, 1.807) is 0 Å². The third-order valence-corrected chi connectivity index (χ3v) is 3.10. The van der Waals surface area contributed by atoms with Crippen molar-refractivity contribution in [2.24, 2.45) is 17.6 Å². The lowest BCUT2D eigenvalue weighted by atomic mass is 9.87. The van der Waals surface area contributed by atoms with Crippen LogP contribution in [0.5, 0.6) is 0 Å². The molecule has 1 aliphatic rings. The zero-order chi connectivity index (χ0) is 10.7. The highest BCUT2D eigenvalue weighted by molar-refractivity contribution is 4.81. The molecule has 0 amide bonds. The van der Waals surface area contributed by atoms with Crippen molar-refractivity contribution in [3.05, 3.63) is 0 Å². The number of piperidine rings is 1. The molecule has 0 saturated carbocycles. The predicted octanol–water partition coefficient (Wildman–Crippen LogP) is 0.672. The summed E-state index contributed by atoms with van der Waals surface area (Å²) < 4.78 is 0. The van der Waals surface area contributed by atoms with Crippen LogP contribution in [0.15, 0.2) is 0 Å². The molecular weight excluding hydrogens is 176 g/mol. The quantitative estimate of drug-likeness (QED) is 0.704. The summed E-state index contributed by atoms with van der Waals surface area (Å²) in [4.78, 5) is 2.27. The molecule has 0 bridgehead atoms. The lowest BCUT2D eigenvalue weighted by molar-refractivity contribution is 0.0725. The highest BCUT2D eigenvalue weighted by atomic mass is 16.3. The van der Waals surface area contributed by atoms with Gasteiger partial charge in [0.05, 0.1) is 6.10 Å². The number of likely N-dealkylation sites (tertiary alicyclic amines) is 1. The van der Waals surface area contributed by atoms with E-state index in [1.165, 1.54) is 0 Å². The maximum Gasteiger partial charge on any atom is 0.0566 e. The Morgan fingerprint density at radius 2 is 2.07 bits per heavy atom. The Hall–Kier alpha value is -0.120. The molecule has 0 spiro atoms. The van der Waals surface area contributed by atoms with Gasteiger partial charge in [0.25, 0.3) is 0 Å². The molecule has 3 atom stereocenters. The fourth-order valence-corrected chi connectivity index (χ4v) is 2.28. The Balaban J connectivity index is 2.36. The van der Waals surface area contributed by atoms with Gasteiger partial charge in [-0.3, -0.25) is 0 Å². The highest BCUT2D eigenvalue weighted by Crippen LogP contribution is 2.21. The average molecular weight is 200 g/mol. The SMILES string of the molecule is CC(C)C(O)CC1CC(N)CN(C)C1. The summed E-state index contributed by atoms with van der Waals surface area (Å²) in [5, 5.41) is 9.79. The van der Waals surface area contributed by atoms with Gasteiger partial charge in [0.15, 0.2) is 0 Å². The first kappa shape index (κ1) is 12.0. The lowest BCUT2D eigenvalue weighted by Crippen LogP contribution is -2.46. The summed E-state index contributed by atoms with van der Waals surface area (Å²) >= 11 is 0. The van der Waals surface area contributed by atoms with Gasteiger partial charge in [0.2, 0.25) is 0 Å². The van der Waals surface area contributed by atoms with E-state index in [0.29, 0.717) is 11.8 Å². The summed E-state index contributed by atoms with van der Waals surface area (Å²) in [7, 11) is 2.10. The Morgan fingerprint density at radius 3 is 2.57 bits per heavy atom. The number of aliphatic hydroxyl groups excluding tert-OH is 1. The molecular formula is C11H24N2O. The number of aliphatic hydroxyl groups is 1. The van der Waals surface area contributed by atoms with Crippen LogP contribution >= 0.6 is 0 Å². The summed E-state index contributed by atoms with van der Waals surface area (Å²) in [6, 6.07) is 0.290. The molecule has 0 aromatic heterocycles. The van der Waals surface area contributed by atoms with Crippen molar-refractivity contribution >= 4 is 0 Å². The van der Waals surface area contributed by atoms with Gasteiger partial charge in [-0.2, -0.15) is 0 Å². The van der Waals surface area contributed by atoms with Crippen molar-refractivity contribution in [2.45, 2.75) is 38.8 Å². The van der Waals surface area contributed by atoms with E-state index in [9.17, 15) is 5.11 Å². The third kappa shape index (κ3) is 3.56. The molecule has 1 rings (SSSR count). The minimum Gasteiger partial charge on any atom is -0.393 e. The standard InChI is InChI=1S/C11H24N2O/c1-8(2)11(14)5-9-4-10(12)7-13(3)6-9/h8-11,14H,4-7,12H2,1-3H3. The molecule has 1 heterocycles. The Kier molecular flexibility index (Phi) is 4.35. The summed E-state index contributed by atoms with van der Waals surface area (Å²) in [5.41, 5.74) is 5.94. The Morgan fingerprint density at radius 1 is 1.43 bits per heavy atom. The molecule has 1 fully saturated rings. The predicted molar refractivity (Wildman–Crippen MR) is 59.0 cm³/mol. The second-order valence-electron chi connectivity index (χ2n) is 5.13. The van der Waals surface area contributed by atoms with Crippen molar-refractivity contribution < 1.29 is 5.11 Å². The van der Waals surface area contributed by atoms with Crippen LogP contribution in [0.1, 0.15) is 26.7 Å². The molecule has 3 unspecified atom stereocenters. The summed E-state index contributed by atoms with van der Waals surface area (Å²) in [5.74, 6) is 0.930. The molecule has 1 saturated heterocycles. The molecule has 0 aliphatic carbocycles. The fraction of sp³-hybridized carbons (Fsp3) is 1.00. The number of nitrogens with zero attached hydrogens (tertiary/aromatic N) is 1. The topological polar surface area (TPSA) is 49.5 Å². The lowest BCUT2D eigenvalue weighted by Gasteiger charge is -2.35. The largest absolute Gasteiger partial charge is 0.393 e. The minimum atomic E-state index is -0.168. The Labute approximate surface area is 87.3 Å². The smallest absolute Gasteiger partial charge is 0.0566 e. The monoisotopic (exact) mass is 200 g/mol. The molecule has 0 radical (unpaired) electrons. The van der Waals surface area contributed by atoms with Gasteiger partial charge in [0.1, 0.15) is 0 Å². The van der Waals surface area contributed by atoms with Crippen LogP contribution in [0.25, 0.3) is 0 Å². The number of likely N-dealkylation sites (N-methyl/N-ethyl adjacent to an activating group) is 1. The first-order chi connectivity index (χ1) is 6.49. The van der Waals surface area contributed by atoms with Crippen molar-refractivity contribution in [1.82, 2.24) is 4.90 Å². The van der Waals surface area contributed by atoms with Crippen molar-refractivity contribution in [1.29, 1.82) is 0 Å². The Bertz CT molecular complexity index is 163. The van der Waals surface area contributed by atoms with Crippen molar-refractivity contribution in [2.75, 3.05) is 20.1 Å². The molecule has 1 aliphatic heterocycles. The normalized spacial score (nSPS) is 32.1. The van der Waals surface area contributed by atoms with Crippen LogP contribution in [0.3, 0.4) is 0 Å². The molecule has 0 aromatic rings. The van der Waals surface area contributed by atoms with Gasteiger partial charge in [-0.25, -0.2) is 0 Å². The average Bonchev–Trinajstić information content (AvgIpc) is 2.01. The van der Waals surface area contributed by atoms with Gasteiger partial charge in [-0.1, -0.05) is 13.8 Å². The van der Waals surface area contributed by atoms with Crippen LogP contribution in [0.2, 0.25) is 0 Å². The van der Waals surface area contributed by atoms with Gasteiger partial charge in [0, 0.05) is 19.1 Å². The summed E-state index contributed by atoms with van der Waals surface area (Å²) in [6.07, 6.45) is 1.79. The number of nitrogens with two attached hydrogens (primary N) is 1. The summed E-state index contributed by atoms with van der Waals surface area (Å²) in [6.45, 7) is 6.21. The zero-order valence-corrected chi connectivity index (χ0v) is 9.61. The second kappa shape index (κ2) is 5.10. The second-order valence-corrected chi connectivity index (χ2v) is 5.13. The zero-order valence-electron chi connectivity index (χ0n) is 9.61. The van der Waals surface area contributed by atoms with E-state index in [-0.39, 0.29) is 12.1 Å². The van der Waals surface area contributed by atoms with Gasteiger partial charge in [-0.05, 0) is 31.7 Å².